The van der Waals surface area contributed by atoms with Crippen LogP contribution in [0.4, 0.5) is 0 Å². The van der Waals surface area contributed by atoms with Crippen LogP contribution in [-0.4, -0.2) is 96.7 Å². The van der Waals surface area contributed by atoms with Gasteiger partial charge in [0.2, 0.25) is 0 Å². The molecule has 5 atom stereocenters. The molecule has 0 radical (unpaired) electrons. The third-order valence-electron chi connectivity index (χ3n) is 14.8. The number of carbonyl (C=O) groups excluding carboxylic acids is 4. The molecule has 0 aromatic heterocycles. The van der Waals surface area contributed by atoms with Crippen LogP contribution in [0.15, 0.2) is 0 Å². The summed E-state index contributed by atoms with van der Waals surface area (Å²) in [7, 11) is -9.88. The van der Waals surface area contributed by atoms with Gasteiger partial charge in [0.25, 0.3) is 0 Å². The summed E-state index contributed by atoms with van der Waals surface area (Å²) in [5.41, 5.74) is 0. The molecule has 0 aliphatic carbocycles. The molecule has 19 heteroatoms. The minimum Gasteiger partial charge on any atom is -0.462 e. The molecule has 17 nitrogen and oxygen atoms in total. The van der Waals surface area contributed by atoms with Crippen molar-refractivity contribution in [3.63, 3.8) is 0 Å². The standard InChI is InChI=1S/C64H124O17P2/c1-6-9-12-15-18-19-20-22-26-29-34-38-43-48-62(67)75-54-60(81-64(69)50-45-40-35-30-27-24-21-23-25-28-33-36-41-46-57(4)5)56-79-83(72,73)77-52-58(65)51-76-82(70,71)78-55-59(80-63(68)49-44-39-32-17-14-11-8-3)53-74-61(66)47-42-37-31-16-13-10-7-2/h57-60,65H,6-56H2,1-5H3,(H,70,71)(H,72,73)/t58-,59+,60+/m0/s1. The van der Waals surface area contributed by atoms with Crippen LogP contribution in [0, 0.1) is 5.92 Å². The van der Waals surface area contributed by atoms with Crippen LogP contribution < -0.4 is 0 Å². The SMILES string of the molecule is CCCCCCCCCCCCCCCC(=O)OC[C@H](COP(=O)(O)OC[C@@H](O)COP(=O)(O)OC[C@@H](COC(=O)CCCCCCCCC)OC(=O)CCCCCCCCC)OC(=O)CCCCCCCCCCCCCCCC(C)C. The van der Waals surface area contributed by atoms with Crippen molar-refractivity contribution in [2.45, 2.75) is 342 Å². The molecule has 0 amide bonds. The highest BCUT2D eigenvalue weighted by Crippen LogP contribution is 2.45. The fourth-order valence-corrected chi connectivity index (χ4v) is 11.2. The van der Waals surface area contributed by atoms with E-state index < -0.39 is 97.5 Å². The molecule has 0 spiro atoms. The van der Waals surface area contributed by atoms with Gasteiger partial charge in [-0.1, -0.05) is 272 Å². The zero-order valence-electron chi connectivity index (χ0n) is 53.3. The van der Waals surface area contributed by atoms with E-state index in [9.17, 15) is 43.2 Å². The van der Waals surface area contributed by atoms with E-state index in [1.807, 2.05) is 0 Å². The molecular formula is C64H124O17P2. The fourth-order valence-electron chi connectivity index (χ4n) is 9.58. The van der Waals surface area contributed by atoms with Gasteiger partial charge in [-0.05, 0) is 31.6 Å². The summed E-state index contributed by atoms with van der Waals surface area (Å²) in [5.74, 6) is -1.35. The van der Waals surface area contributed by atoms with E-state index in [1.54, 1.807) is 0 Å². The van der Waals surface area contributed by atoms with Gasteiger partial charge < -0.3 is 33.8 Å². The average molecular weight is 1230 g/mol. The summed E-state index contributed by atoms with van der Waals surface area (Å²) in [6.07, 6.45) is 41.9. The lowest BCUT2D eigenvalue weighted by atomic mass is 10.0. The Morgan fingerprint density at radius 1 is 0.325 bits per heavy atom. The summed E-state index contributed by atoms with van der Waals surface area (Å²) in [5, 5.41) is 10.5. The van der Waals surface area contributed by atoms with Crippen molar-refractivity contribution in [1.82, 2.24) is 0 Å². The van der Waals surface area contributed by atoms with Crippen LogP contribution in [0.1, 0.15) is 324 Å². The molecule has 0 rings (SSSR count). The molecule has 0 saturated carbocycles. The summed E-state index contributed by atoms with van der Waals surface area (Å²) in [6.45, 7) is 7.13. The maximum Gasteiger partial charge on any atom is 0.472 e. The fraction of sp³-hybridized carbons (Fsp3) is 0.938. The van der Waals surface area contributed by atoms with E-state index >= 15 is 0 Å². The first-order chi connectivity index (χ1) is 40.0. The van der Waals surface area contributed by atoms with Crippen molar-refractivity contribution < 1.29 is 80.2 Å². The first kappa shape index (κ1) is 81.1. The van der Waals surface area contributed by atoms with Crippen molar-refractivity contribution in [1.29, 1.82) is 0 Å². The van der Waals surface area contributed by atoms with Crippen LogP contribution >= 0.6 is 15.6 Å². The Morgan fingerprint density at radius 3 is 0.819 bits per heavy atom. The molecule has 492 valence electrons. The molecule has 0 aliphatic rings. The van der Waals surface area contributed by atoms with E-state index in [-0.39, 0.29) is 25.7 Å². The van der Waals surface area contributed by atoms with Gasteiger partial charge in [0.15, 0.2) is 12.2 Å². The number of esters is 4. The van der Waals surface area contributed by atoms with E-state index in [2.05, 4.69) is 34.6 Å². The second-order valence-corrected chi connectivity index (χ2v) is 26.5. The number of unbranched alkanes of at least 4 members (excludes halogenated alkanes) is 36. The smallest absolute Gasteiger partial charge is 0.462 e. The summed E-state index contributed by atoms with van der Waals surface area (Å²) in [4.78, 5) is 72.0. The van der Waals surface area contributed by atoms with Crippen LogP contribution in [0.25, 0.3) is 0 Å². The molecule has 2 unspecified atom stereocenters. The molecule has 0 bridgehead atoms. The Labute approximate surface area is 505 Å². The molecule has 0 aromatic carbocycles. The molecule has 83 heavy (non-hydrogen) atoms. The van der Waals surface area contributed by atoms with Crippen LogP contribution in [0.3, 0.4) is 0 Å². The first-order valence-electron chi connectivity index (χ1n) is 33.6. The highest BCUT2D eigenvalue weighted by Gasteiger charge is 2.30. The van der Waals surface area contributed by atoms with Gasteiger partial charge in [0, 0.05) is 25.7 Å². The van der Waals surface area contributed by atoms with Gasteiger partial charge in [-0.3, -0.25) is 37.3 Å². The molecule has 0 saturated heterocycles. The van der Waals surface area contributed by atoms with E-state index in [1.165, 1.54) is 122 Å². The molecule has 0 aromatic rings. The molecule has 0 fully saturated rings. The lowest BCUT2D eigenvalue weighted by molar-refractivity contribution is -0.161. The van der Waals surface area contributed by atoms with Crippen LogP contribution in [0.2, 0.25) is 0 Å². The van der Waals surface area contributed by atoms with Gasteiger partial charge in [0.1, 0.15) is 19.3 Å². The lowest BCUT2D eigenvalue weighted by Gasteiger charge is -2.21. The van der Waals surface area contributed by atoms with E-state index in [0.717, 1.165) is 121 Å². The molecular weight excluding hydrogens is 1100 g/mol. The summed E-state index contributed by atoms with van der Waals surface area (Å²) >= 11 is 0. The number of hydrogen-bond acceptors (Lipinski definition) is 15. The van der Waals surface area contributed by atoms with Crippen molar-refractivity contribution in [2.75, 3.05) is 39.6 Å². The lowest BCUT2D eigenvalue weighted by Crippen LogP contribution is -2.30. The van der Waals surface area contributed by atoms with Crippen LogP contribution in [0.5, 0.6) is 0 Å². The number of rotatable bonds is 64. The third kappa shape index (κ3) is 58.8. The van der Waals surface area contributed by atoms with Gasteiger partial charge >= 0.3 is 39.5 Å². The van der Waals surface area contributed by atoms with Gasteiger partial charge in [-0.25, -0.2) is 9.13 Å². The van der Waals surface area contributed by atoms with Crippen molar-refractivity contribution in [3.05, 3.63) is 0 Å². The summed E-state index contributed by atoms with van der Waals surface area (Å²) in [6, 6.07) is 0. The van der Waals surface area contributed by atoms with Gasteiger partial charge in [-0.15, -0.1) is 0 Å². The maximum atomic E-state index is 13.0. The Balaban J connectivity index is 5.17. The first-order valence-corrected chi connectivity index (χ1v) is 36.6. The predicted octanol–water partition coefficient (Wildman–Crippen LogP) is 17.8. The maximum absolute atomic E-state index is 13.0. The van der Waals surface area contributed by atoms with E-state index in [0.29, 0.717) is 25.7 Å². The Morgan fingerprint density at radius 2 is 0.554 bits per heavy atom. The van der Waals surface area contributed by atoms with Gasteiger partial charge in [0.05, 0.1) is 26.4 Å². The largest absolute Gasteiger partial charge is 0.472 e. The van der Waals surface area contributed by atoms with Crippen molar-refractivity contribution >= 4 is 39.5 Å². The Bertz CT molecular complexity index is 1620. The Hall–Kier alpha value is -1.94. The molecule has 0 aliphatic heterocycles. The zero-order chi connectivity index (χ0) is 61.3. The van der Waals surface area contributed by atoms with Crippen LogP contribution in [-0.2, 0) is 65.4 Å². The highest BCUT2D eigenvalue weighted by molar-refractivity contribution is 7.47. The molecule has 0 heterocycles. The number of carbonyl (C=O) groups is 4. The number of aliphatic hydroxyl groups excluding tert-OH is 1. The van der Waals surface area contributed by atoms with E-state index in [4.69, 9.17) is 37.0 Å². The minimum absolute atomic E-state index is 0.103. The quantitative estimate of drug-likeness (QED) is 0.0222. The van der Waals surface area contributed by atoms with Gasteiger partial charge in [-0.2, -0.15) is 0 Å². The predicted molar refractivity (Wildman–Crippen MR) is 331 cm³/mol. The van der Waals surface area contributed by atoms with Crippen molar-refractivity contribution in [2.24, 2.45) is 5.92 Å². The number of phosphoric ester groups is 2. The zero-order valence-corrected chi connectivity index (χ0v) is 55.1. The normalized spacial score (nSPS) is 14.2. The minimum atomic E-state index is -4.94. The number of ether oxygens (including phenoxy) is 4. The number of aliphatic hydroxyl groups is 1. The Kier molecular flexibility index (Phi) is 56.4. The second-order valence-electron chi connectivity index (χ2n) is 23.6. The monoisotopic (exact) mass is 1230 g/mol. The van der Waals surface area contributed by atoms with Crippen molar-refractivity contribution in [3.8, 4) is 0 Å². The highest BCUT2D eigenvalue weighted by atomic mass is 31.2. The number of hydrogen-bond donors (Lipinski definition) is 3. The topological polar surface area (TPSA) is 237 Å². The average Bonchev–Trinajstić information content (AvgIpc) is 3.45. The molecule has 3 N–H and O–H groups in total. The second kappa shape index (κ2) is 57.8. The number of phosphoric acid groups is 2. The third-order valence-corrected chi connectivity index (χ3v) is 16.7. The summed E-state index contributed by atoms with van der Waals surface area (Å²) < 4.78 is 67.8.